The molecule has 0 bridgehead atoms. The van der Waals surface area contributed by atoms with Crippen molar-refractivity contribution >= 4 is 11.8 Å². The van der Waals surface area contributed by atoms with Crippen LogP contribution in [0.3, 0.4) is 0 Å². The number of methoxy groups -OCH3 is 1. The molecular weight excluding hydrogens is 538 g/mol. The van der Waals surface area contributed by atoms with Crippen LogP contribution in [0.25, 0.3) is 0 Å². The van der Waals surface area contributed by atoms with Gasteiger partial charge in [0, 0.05) is 37.6 Å². The Hall–Kier alpha value is -1.56. The van der Waals surface area contributed by atoms with Crippen LogP contribution in [0.1, 0.15) is 74.1 Å². The van der Waals surface area contributed by atoms with E-state index in [1.165, 1.54) is 0 Å². The minimum atomic E-state index is -1.41. The van der Waals surface area contributed by atoms with Gasteiger partial charge < -0.3 is 39.6 Å². The van der Waals surface area contributed by atoms with E-state index in [9.17, 15) is 14.7 Å². The van der Waals surface area contributed by atoms with Gasteiger partial charge in [-0.2, -0.15) is 0 Å². The summed E-state index contributed by atoms with van der Waals surface area (Å²) in [6, 6.07) is 0.186. The maximum absolute atomic E-state index is 14.1. The zero-order chi connectivity index (χ0) is 31.4. The average molecular weight is 596 g/mol. The number of nitrogens with one attached hydrogen (secondary N) is 2. The van der Waals surface area contributed by atoms with E-state index in [1.54, 1.807) is 34.9 Å². The van der Waals surface area contributed by atoms with Crippen molar-refractivity contribution in [2.75, 3.05) is 40.4 Å². The molecule has 0 amide bonds. The van der Waals surface area contributed by atoms with Gasteiger partial charge in [0.25, 0.3) is 0 Å². The molecule has 0 aromatic heterocycles. The molecule has 3 aliphatic heterocycles. The number of ether oxygens (including phenoxy) is 4. The third-order valence-corrected chi connectivity index (χ3v) is 9.88. The Morgan fingerprint density at radius 1 is 1.17 bits per heavy atom. The third-order valence-electron chi connectivity index (χ3n) is 9.88. The number of likely N-dealkylation sites (N-methyl/N-ethyl adjacent to an activating group) is 1. The SMILES string of the molecule is C=C1C[C@H](NC)[C@@H](O)C(O[C@@H]2[C@@H](C)C(=O)C(C)(C)C(=O)OC[C@@H](C3CCN(C(C)C)CC3)NC[C@H](C)C[C@@]2(C)OC)O1. The number of Topliss-reactive ketones (excluding diaryl/α,β-unsaturated/α-hetero) is 1. The van der Waals surface area contributed by atoms with Crippen molar-refractivity contribution in [3.05, 3.63) is 12.3 Å². The predicted octanol–water partition coefficient (Wildman–Crippen LogP) is 2.88. The van der Waals surface area contributed by atoms with Crippen LogP contribution in [0.15, 0.2) is 12.3 Å². The number of piperidine rings is 1. The maximum atomic E-state index is 14.1. The van der Waals surface area contributed by atoms with Crippen molar-refractivity contribution in [2.45, 2.75) is 116 Å². The lowest BCUT2D eigenvalue weighted by Crippen LogP contribution is -2.58. The fourth-order valence-electron chi connectivity index (χ4n) is 6.94. The average Bonchev–Trinajstić information content (AvgIpc) is 2.95. The Bertz CT molecular complexity index is 935. The van der Waals surface area contributed by atoms with Gasteiger partial charge >= 0.3 is 5.97 Å². The lowest BCUT2D eigenvalue weighted by Gasteiger charge is -2.45. The fourth-order valence-corrected chi connectivity index (χ4v) is 6.94. The number of aliphatic hydroxyl groups is 1. The second-order valence-electron chi connectivity index (χ2n) is 13.9. The molecule has 3 saturated heterocycles. The smallest absolute Gasteiger partial charge is 0.319 e. The zero-order valence-corrected chi connectivity index (χ0v) is 27.4. The molecule has 3 aliphatic rings. The van der Waals surface area contributed by atoms with Crippen LogP contribution in [0.4, 0.5) is 0 Å². The van der Waals surface area contributed by atoms with E-state index in [0.717, 1.165) is 25.9 Å². The summed E-state index contributed by atoms with van der Waals surface area (Å²) in [6.07, 6.45) is 0.185. The fraction of sp³-hybridized carbons (Fsp3) is 0.875. The van der Waals surface area contributed by atoms with Crippen LogP contribution in [0.5, 0.6) is 0 Å². The summed E-state index contributed by atoms with van der Waals surface area (Å²) in [7, 11) is 3.38. The van der Waals surface area contributed by atoms with Crippen LogP contribution in [0.2, 0.25) is 0 Å². The van der Waals surface area contributed by atoms with Gasteiger partial charge in [-0.05, 0) is 92.4 Å². The number of esters is 1. The second kappa shape index (κ2) is 14.5. The number of hydrogen-bond acceptors (Lipinski definition) is 10. The first kappa shape index (κ1) is 34.9. The van der Waals surface area contributed by atoms with Crippen LogP contribution in [0, 0.1) is 23.2 Å². The number of likely N-dealkylation sites (tertiary alicyclic amines) is 1. The molecule has 10 heteroatoms. The number of nitrogens with zero attached hydrogens (tertiary/aromatic N) is 1. The lowest BCUT2D eigenvalue weighted by molar-refractivity contribution is -0.262. The first-order chi connectivity index (χ1) is 19.6. The van der Waals surface area contributed by atoms with Crippen LogP contribution in [-0.4, -0.2) is 104 Å². The van der Waals surface area contributed by atoms with E-state index < -0.39 is 41.4 Å². The van der Waals surface area contributed by atoms with E-state index in [-0.39, 0.29) is 30.4 Å². The minimum Gasteiger partial charge on any atom is -0.467 e. The molecular formula is C32H57N3O7. The summed E-state index contributed by atoms with van der Waals surface area (Å²) in [5.74, 6) is -0.632. The molecule has 0 aromatic rings. The van der Waals surface area contributed by atoms with Crippen molar-refractivity contribution in [3.8, 4) is 0 Å². The molecule has 3 N–H and O–H groups in total. The molecule has 10 nitrogen and oxygen atoms in total. The van der Waals surface area contributed by atoms with Gasteiger partial charge in [-0.25, -0.2) is 0 Å². The molecule has 1 unspecified atom stereocenters. The maximum Gasteiger partial charge on any atom is 0.319 e. The first-order valence-electron chi connectivity index (χ1n) is 15.7. The molecule has 0 aliphatic carbocycles. The van der Waals surface area contributed by atoms with E-state index in [4.69, 9.17) is 18.9 Å². The van der Waals surface area contributed by atoms with Crippen molar-refractivity contribution in [1.82, 2.24) is 15.5 Å². The molecule has 3 fully saturated rings. The lowest BCUT2D eigenvalue weighted by atomic mass is 9.74. The molecule has 8 atom stereocenters. The van der Waals surface area contributed by atoms with Gasteiger partial charge in [-0.1, -0.05) is 20.4 Å². The highest BCUT2D eigenvalue weighted by atomic mass is 16.7. The van der Waals surface area contributed by atoms with E-state index in [2.05, 4.69) is 42.9 Å². The number of cyclic esters (lactones) is 1. The summed E-state index contributed by atoms with van der Waals surface area (Å²) in [4.78, 5) is 30.1. The second-order valence-corrected chi connectivity index (χ2v) is 13.9. The summed E-state index contributed by atoms with van der Waals surface area (Å²) >= 11 is 0. The topological polar surface area (TPSA) is 119 Å². The molecule has 0 radical (unpaired) electrons. The standard InChI is InChI=1S/C32H57N3O7/c1-19(2)35-13-11-23(12-14-35)25-18-40-30(38)31(6,7)27(37)22(5)28(32(8,39-10)16-20(3)17-34-25)42-29-26(36)24(33-9)15-21(4)41-29/h19-20,22-26,28-29,33-34,36H,4,11-18H2,1-3,5-10H3/t20-,22+,24+,25+,26-,28-,29?,32-/m1/s1. The molecule has 242 valence electrons. The largest absolute Gasteiger partial charge is 0.467 e. The van der Waals surface area contributed by atoms with Gasteiger partial charge in [0.15, 0.2) is 5.78 Å². The van der Waals surface area contributed by atoms with E-state index >= 15 is 0 Å². The highest BCUT2D eigenvalue weighted by Crippen LogP contribution is 2.38. The predicted molar refractivity (Wildman–Crippen MR) is 162 cm³/mol. The number of ketones is 1. The molecule has 0 aromatic carbocycles. The Balaban J connectivity index is 1.91. The van der Waals surface area contributed by atoms with Gasteiger partial charge in [-0.15, -0.1) is 0 Å². The first-order valence-corrected chi connectivity index (χ1v) is 15.7. The number of carbonyl (C=O) groups is 2. The molecule has 0 spiro atoms. The van der Waals surface area contributed by atoms with Crippen LogP contribution in [-0.2, 0) is 28.5 Å². The molecule has 3 heterocycles. The quantitative estimate of drug-likeness (QED) is 0.313. The number of rotatable bonds is 6. The number of hydrogen-bond donors (Lipinski definition) is 3. The monoisotopic (exact) mass is 595 g/mol. The normalized spacial score (nSPS) is 38.3. The number of aliphatic hydroxyl groups excluding tert-OH is 1. The van der Waals surface area contributed by atoms with Gasteiger partial charge in [-0.3, -0.25) is 9.59 Å². The van der Waals surface area contributed by atoms with Gasteiger partial charge in [0.05, 0.1) is 17.5 Å². The summed E-state index contributed by atoms with van der Waals surface area (Å²) in [5.41, 5.74) is -2.34. The molecule has 42 heavy (non-hydrogen) atoms. The highest BCUT2D eigenvalue weighted by molar-refractivity contribution is 6.04. The van der Waals surface area contributed by atoms with Gasteiger partial charge in [0.2, 0.25) is 6.29 Å². The highest BCUT2D eigenvalue weighted by Gasteiger charge is 2.51. The number of carbonyl (C=O) groups excluding carboxylic acids is 2. The van der Waals surface area contributed by atoms with Crippen molar-refractivity contribution < 1.29 is 33.6 Å². The Labute approximate surface area is 253 Å². The third kappa shape index (κ3) is 7.93. The summed E-state index contributed by atoms with van der Waals surface area (Å²) < 4.78 is 24.4. The van der Waals surface area contributed by atoms with Crippen LogP contribution >= 0.6 is 0 Å². The van der Waals surface area contributed by atoms with E-state index in [0.29, 0.717) is 37.1 Å². The summed E-state index contributed by atoms with van der Waals surface area (Å²) in [5, 5.41) is 17.9. The van der Waals surface area contributed by atoms with Crippen molar-refractivity contribution in [3.63, 3.8) is 0 Å². The summed E-state index contributed by atoms with van der Waals surface area (Å²) in [6.45, 7) is 20.4. The Morgan fingerprint density at radius 3 is 2.38 bits per heavy atom. The molecule has 3 rings (SSSR count). The van der Waals surface area contributed by atoms with Crippen LogP contribution < -0.4 is 10.6 Å². The van der Waals surface area contributed by atoms with Crippen molar-refractivity contribution in [1.29, 1.82) is 0 Å². The van der Waals surface area contributed by atoms with Gasteiger partial charge in [0.1, 0.15) is 18.1 Å². The zero-order valence-electron chi connectivity index (χ0n) is 27.4. The van der Waals surface area contributed by atoms with Crippen molar-refractivity contribution in [2.24, 2.45) is 23.2 Å². The molecule has 0 saturated carbocycles. The van der Waals surface area contributed by atoms with E-state index in [1.807, 2.05) is 6.92 Å². The minimum absolute atomic E-state index is 0.00841. The Morgan fingerprint density at radius 2 is 1.81 bits per heavy atom. The Kier molecular flexibility index (Phi) is 12.0.